The van der Waals surface area contributed by atoms with Gasteiger partial charge in [0.2, 0.25) is 0 Å². The molecule has 0 radical (unpaired) electrons. The van der Waals surface area contributed by atoms with Gasteiger partial charge in [-0.05, 0) is 12.8 Å². The van der Waals surface area contributed by atoms with Gasteiger partial charge in [-0.25, -0.2) is 0 Å². The van der Waals surface area contributed by atoms with Gasteiger partial charge in [-0.1, -0.05) is 26.7 Å². The fraction of sp³-hybridized carbons (Fsp3) is 1.00. The van der Waals surface area contributed by atoms with Gasteiger partial charge in [-0.15, -0.1) is 0 Å². The SMILES string of the molecule is CCCCN1CN2CCN3CN(CCCC)CN4CCN(C1)C2C34. The minimum absolute atomic E-state index is 0.624. The third-order valence-corrected chi connectivity index (χ3v) is 6.29. The van der Waals surface area contributed by atoms with E-state index in [-0.39, 0.29) is 0 Å². The maximum atomic E-state index is 2.76. The molecule has 4 fully saturated rings. The lowest BCUT2D eigenvalue weighted by molar-refractivity contribution is -0.234. The minimum atomic E-state index is 0.624. The van der Waals surface area contributed by atoms with Gasteiger partial charge in [0, 0.05) is 39.3 Å². The summed E-state index contributed by atoms with van der Waals surface area (Å²) in [5, 5.41) is 0. The second kappa shape index (κ2) is 7.56. The van der Waals surface area contributed by atoms with Gasteiger partial charge in [0.1, 0.15) is 0 Å². The van der Waals surface area contributed by atoms with E-state index >= 15 is 0 Å². The van der Waals surface area contributed by atoms with Crippen molar-refractivity contribution in [3.8, 4) is 0 Å². The highest BCUT2D eigenvalue weighted by molar-refractivity contribution is 4.98. The van der Waals surface area contributed by atoms with Crippen LogP contribution in [0.2, 0.25) is 0 Å². The highest BCUT2D eigenvalue weighted by atomic mass is 15.6. The number of piperazine rings is 2. The van der Waals surface area contributed by atoms with E-state index in [1.807, 2.05) is 0 Å². The van der Waals surface area contributed by atoms with E-state index in [4.69, 9.17) is 0 Å². The molecule has 6 heteroatoms. The van der Waals surface area contributed by atoms with Gasteiger partial charge >= 0.3 is 0 Å². The third-order valence-electron chi connectivity index (χ3n) is 6.29. The van der Waals surface area contributed by atoms with Gasteiger partial charge in [0.15, 0.2) is 0 Å². The first-order valence-electron chi connectivity index (χ1n) is 10.2. The van der Waals surface area contributed by atoms with Crippen LogP contribution in [-0.2, 0) is 0 Å². The van der Waals surface area contributed by atoms with Crippen molar-refractivity contribution >= 4 is 0 Å². The molecule has 0 aromatic heterocycles. The van der Waals surface area contributed by atoms with E-state index in [9.17, 15) is 0 Å². The molecule has 4 saturated heterocycles. The zero-order chi connectivity index (χ0) is 16.5. The molecule has 4 aliphatic heterocycles. The second-order valence-corrected chi connectivity index (χ2v) is 8.14. The fourth-order valence-electron chi connectivity index (χ4n) is 5.04. The number of hydrogen-bond acceptors (Lipinski definition) is 6. The van der Waals surface area contributed by atoms with Crippen LogP contribution in [-0.4, -0.2) is 108 Å². The summed E-state index contributed by atoms with van der Waals surface area (Å²) in [7, 11) is 0. The Labute approximate surface area is 147 Å². The van der Waals surface area contributed by atoms with Crippen LogP contribution in [0.15, 0.2) is 0 Å². The van der Waals surface area contributed by atoms with Gasteiger partial charge in [-0.3, -0.25) is 29.4 Å². The lowest BCUT2D eigenvalue weighted by atomic mass is 10.1. The van der Waals surface area contributed by atoms with Crippen LogP contribution in [0.25, 0.3) is 0 Å². The average Bonchev–Trinajstić information content (AvgIpc) is 2.62. The minimum Gasteiger partial charge on any atom is -0.277 e. The maximum Gasteiger partial charge on any atom is 0.0943 e. The highest BCUT2D eigenvalue weighted by Crippen LogP contribution is 2.32. The van der Waals surface area contributed by atoms with E-state index < -0.39 is 0 Å². The first-order valence-corrected chi connectivity index (χ1v) is 10.2. The van der Waals surface area contributed by atoms with Crippen molar-refractivity contribution in [2.75, 3.05) is 65.9 Å². The Bertz CT molecular complexity index is 352. The number of unbranched alkanes of at least 4 members (excludes halogenated alkanes) is 2. The van der Waals surface area contributed by atoms with Crippen LogP contribution in [0, 0.1) is 0 Å². The lowest BCUT2D eigenvalue weighted by Gasteiger charge is -2.64. The molecule has 6 nitrogen and oxygen atoms in total. The summed E-state index contributed by atoms with van der Waals surface area (Å²) in [6.07, 6.45) is 6.52. The van der Waals surface area contributed by atoms with Crippen LogP contribution >= 0.6 is 0 Å². The molecule has 0 atom stereocenters. The van der Waals surface area contributed by atoms with Crippen molar-refractivity contribution < 1.29 is 0 Å². The Hall–Kier alpha value is -0.240. The Morgan fingerprint density at radius 1 is 0.583 bits per heavy atom. The van der Waals surface area contributed by atoms with Crippen LogP contribution < -0.4 is 0 Å². The van der Waals surface area contributed by atoms with Crippen molar-refractivity contribution in [1.82, 2.24) is 29.4 Å². The molecular formula is C18H36N6. The van der Waals surface area contributed by atoms with Gasteiger partial charge in [0.05, 0.1) is 39.0 Å². The standard InChI is InChI=1S/C18H36N6/c1-3-5-7-19-13-21-9-11-23-15-20(8-6-4-2)16-24-12-10-22(14-19)17(21)18(23)24/h17-18H,3-16H2,1-2H3. The van der Waals surface area contributed by atoms with Gasteiger partial charge in [-0.2, -0.15) is 0 Å². The largest absolute Gasteiger partial charge is 0.277 e. The molecule has 0 aromatic rings. The lowest BCUT2D eigenvalue weighted by Crippen LogP contribution is -2.81. The Kier molecular flexibility index (Phi) is 5.41. The summed E-state index contributed by atoms with van der Waals surface area (Å²) < 4.78 is 0. The Morgan fingerprint density at radius 3 is 1.21 bits per heavy atom. The Balaban J connectivity index is 1.44. The van der Waals surface area contributed by atoms with E-state index in [1.54, 1.807) is 0 Å². The molecule has 0 N–H and O–H groups in total. The van der Waals surface area contributed by atoms with E-state index in [2.05, 4.69) is 43.2 Å². The molecule has 4 rings (SSSR count). The molecule has 0 aliphatic carbocycles. The molecule has 24 heavy (non-hydrogen) atoms. The monoisotopic (exact) mass is 336 g/mol. The van der Waals surface area contributed by atoms with Crippen molar-refractivity contribution in [3.63, 3.8) is 0 Å². The highest BCUT2D eigenvalue weighted by Gasteiger charge is 2.50. The molecule has 4 aliphatic rings. The predicted octanol–water partition coefficient (Wildman–Crippen LogP) is 0.935. The normalized spacial score (nSPS) is 33.8. The van der Waals surface area contributed by atoms with Crippen molar-refractivity contribution in [3.05, 3.63) is 0 Å². The van der Waals surface area contributed by atoms with Crippen LogP contribution in [0.5, 0.6) is 0 Å². The average molecular weight is 337 g/mol. The van der Waals surface area contributed by atoms with Crippen LogP contribution in [0.4, 0.5) is 0 Å². The molecule has 0 spiro atoms. The third kappa shape index (κ3) is 3.24. The van der Waals surface area contributed by atoms with Crippen LogP contribution in [0.3, 0.4) is 0 Å². The predicted molar refractivity (Wildman–Crippen MR) is 97.1 cm³/mol. The molecule has 0 amide bonds. The molecular weight excluding hydrogens is 300 g/mol. The van der Waals surface area contributed by atoms with Gasteiger partial charge in [0.25, 0.3) is 0 Å². The summed E-state index contributed by atoms with van der Waals surface area (Å²) in [4.78, 5) is 16.4. The van der Waals surface area contributed by atoms with Crippen molar-refractivity contribution in [2.24, 2.45) is 0 Å². The van der Waals surface area contributed by atoms with E-state index in [1.165, 1.54) is 91.6 Å². The summed E-state index contributed by atoms with van der Waals surface area (Å²) >= 11 is 0. The van der Waals surface area contributed by atoms with Gasteiger partial charge < -0.3 is 0 Å². The first kappa shape index (κ1) is 17.2. The van der Waals surface area contributed by atoms with Crippen molar-refractivity contribution in [1.29, 1.82) is 0 Å². The molecule has 0 bridgehead atoms. The zero-order valence-electron chi connectivity index (χ0n) is 15.7. The fourth-order valence-corrected chi connectivity index (χ4v) is 5.04. The number of hydrogen-bond donors (Lipinski definition) is 0. The Morgan fingerprint density at radius 2 is 0.917 bits per heavy atom. The maximum absolute atomic E-state index is 2.76. The summed E-state index contributed by atoms with van der Waals surface area (Å²) in [5.41, 5.74) is 0. The topological polar surface area (TPSA) is 19.4 Å². The van der Waals surface area contributed by atoms with Crippen LogP contribution in [0.1, 0.15) is 39.5 Å². The second-order valence-electron chi connectivity index (χ2n) is 8.14. The number of rotatable bonds is 6. The van der Waals surface area contributed by atoms with E-state index in [0.29, 0.717) is 12.3 Å². The molecule has 0 unspecified atom stereocenters. The summed E-state index contributed by atoms with van der Waals surface area (Å²) in [6.45, 7) is 16.8. The summed E-state index contributed by atoms with van der Waals surface area (Å²) in [5.74, 6) is 0. The molecule has 0 aromatic carbocycles. The molecule has 4 heterocycles. The number of nitrogens with zero attached hydrogens (tertiary/aromatic N) is 6. The molecule has 138 valence electrons. The first-order chi connectivity index (χ1) is 11.8. The summed E-state index contributed by atoms with van der Waals surface area (Å²) in [6, 6.07) is 0. The quantitative estimate of drug-likeness (QED) is 0.714. The van der Waals surface area contributed by atoms with Crippen molar-refractivity contribution in [2.45, 2.75) is 51.9 Å². The smallest absolute Gasteiger partial charge is 0.0943 e. The van der Waals surface area contributed by atoms with E-state index in [0.717, 1.165) is 0 Å². The zero-order valence-corrected chi connectivity index (χ0v) is 15.7. The molecule has 0 saturated carbocycles.